The molecule has 0 aromatic heterocycles. The zero-order chi connectivity index (χ0) is 13.2. The molecule has 1 aromatic carbocycles. The summed E-state index contributed by atoms with van der Waals surface area (Å²) in [7, 11) is 0. The molecule has 2 heteroatoms. The van der Waals surface area contributed by atoms with E-state index in [-0.39, 0.29) is 5.92 Å². The first-order valence-corrected chi connectivity index (χ1v) is 7.70. The van der Waals surface area contributed by atoms with Gasteiger partial charge in [0.15, 0.2) is 0 Å². The minimum atomic E-state index is 0.0213. The van der Waals surface area contributed by atoms with E-state index in [1.54, 1.807) is 0 Å². The summed E-state index contributed by atoms with van der Waals surface area (Å²) in [5.41, 5.74) is 1.14. The normalized spacial score (nSPS) is 12.8. The minimum Gasteiger partial charge on any atom is -0.299 e. The summed E-state index contributed by atoms with van der Waals surface area (Å²) in [6, 6.07) is 10.1. The molecule has 1 atom stereocenters. The molecule has 0 bridgehead atoms. The van der Waals surface area contributed by atoms with Crippen LogP contribution < -0.4 is 0 Å². The Bertz CT molecular complexity index is 370. The summed E-state index contributed by atoms with van der Waals surface area (Å²) in [4.78, 5) is 12.3. The number of carbonyl (C=O) groups is 1. The average Bonchev–Trinajstić information content (AvgIpc) is 2.42. The van der Waals surface area contributed by atoms with Crippen LogP contribution in [0.25, 0.3) is 0 Å². The Balaban J connectivity index is 2.75. The van der Waals surface area contributed by atoms with E-state index < -0.39 is 0 Å². The first kappa shape index (κ1) is 15.2. The fourth-order valence-electron chi connectivity index (χ4n) is 1.96. The number of hydrogen-bond donors (Lipinski definition) is 0. The molecule has 0 radical (unpaired) electrons. The first-order valence-electron chi connectivity index (χ1n) is 6.58. The third kappa shape index (κ3) is 5.18. The van der Waals surface area contributed by atoms with Crippen molar-refractivity contribution in [2.24, 2.45) is 0 Å². The molecule has 1 unspecified atom stereocenters. The standard InChI is InChI=1S/C16H21BrO/c1-2-3-12-16(18)15(11-7-8-13-17)14-9-5-4-6-10-14/h4-10,15H,2-3,11-13H2,1H3/b8-7-. The van der Waals surface area contributed by atoms with Gasteiger partial charge in [-0.3, -0.25) is 4.79 Å². The van der Waals surface area contributed by atoms with Gasteiger partial charge in [0, 0.05) is 17.7 Å². The van der Waals surface area contributed by atoms with Gasteiger partial charge in [-0.25, -0.2) is 0 Å². The van der Waals surface area contributed by atoms with Gasteiger partial charge in [-0.15, -0.1) is 0 Å². The molecule has 1 aromatic rings. The van der Waals surface area contributed by atoms with E-state index in [1.807, 2.05) is 18.2 Å². The van der Waals surface area contributed by atoms with Crippen LogP contribution in [0.3, 0.4) is 0 Å². The highest BCUT2D eigenvalue weighted by atomic mass is 79.9. The molecule has 18 heavy (non-hydrogen) atoms. The lowest BCUT2D eigenvalue weighted by atomic mass is 9.89. The molecule has 1 rings (SSSR count). The monoisotopic (exact) mass is 308 g/mol. The molecule has 0 N–H and O–H groups in total. The third-order valence-electron chi connectivity index (χ3n) is 2.99. The van der Waals surface area contributed by atoms with Crippen molar-refractivity contribution < 1.29 is 4.79 Å². The van der Waals surface area contributed by atoms with Crippen LogP contribution in [0.5, 0.6) is 0 Å². The minimum absolute atomic E-state index is 0.0213. The number of halogens is 1. The van der Waals surface area contributed by atoms with Crippen molar-refractivity contribution in [3.63, 3.8) is 0 Å². The maximum absolute atomic E-state index is 12.3. The Morgan fingerprint density at radius 3 is 2.61 bits per heavy atom. The van der Waals surface area contributed by atoms with E-state index in [0.717, 1.165) is 30.2 Å². The second-order valence-electron chi connectivity index (χ2n) is 4.39. The van der Waals surface area contributed by atoms with E-state index in [9.17, 15) is 4.79 Å². The molecule has 0 aliphatic carbocycles. The van der Waals surface area contributed by atoms with Crippen LogP contribution in [-0.4, -0.2) is 11.1 Å². The Morgan fingerprint density at radius 1 is 1.28 bits per heavy atom. The zero-order valence-electron chi connectivity index (χ0n) is 10.9. The molecular formula is C16H21BrO. The number of ketones is 1. The van der Waals surface area contributed by atoms with E-state index in [0.29, 0.717) is 12.2 Å². The highest BCUT2D eigenvalue weighted by Crippen LogP contribution is 2.23. The maximum atomic E-state index is 12.3. The van der Waals surface area contributed by atoms with Gasteiger partial charge in [-0.05, 0) is 18.4 Å². The fourth-order valence-corrected chi connectivity index (χ4v) is 2.22. The lowest BCUT2D eigenvalue weighted by molar-refractivity contribution is -0.120. The molecule has 1 nitrogen and oxygen atoms in total. The molecule has 98 valence electrons. The Hall–Kier alpha value is -0.890. The van der Waals surface area contributed by atoms with Crippen molar-refractivity contribution in [2.75, 3.05) is 5.33 Å². The summed E-state index contributed by atoms with van der Waals surface area (Å²) in [5.74, 6) is 0.385. The van der Waals surface area contributed by atoms with E-state index in [4.69, 9.17) is 0 Å². The van der Waals surface area contributed by atoms with Gasteiger partial charge in [0.1, 0.15) is 5.78 Å². The second kappa shape index (κ2) is 9.09. The Morgan fingerprint density at radius 2 is 2.00 bits per heavy atom. The van der Waals surface area contributed by atoms with Crippen LogP contribution in [0, 0.1) is 0 Å². The van der Waals surface area contributed by atoms with Gasteiger partial charge in [0.25, 0.3) is 0 Å². The van der Waals surface area contributed by atoms with E-state index in [2.05, 4.69) is 47.1 Å². The predicted octanol–water partition coefficient (Wildman–Crippen LogP) is 4.87. The maximum Gasteiger partial charge on any atom is 0.140 e. The number of Topliss-reactive ketones (excluding diaryl/α,β-unsaturated/α-hetero) is 1. The van der Waals surface area contributed by atoms with Crippen molar-refractivity contribution in [3.05, 3.63) is 48.0 Å². The first-order chi connectivity index (χ1) is 8.79. The number of carbonyl (C=O) groups excluding carboxylic acids is 1. The number of unbranched alkanes of at least 4 members (excludes halogenated alkanes) is 1. The van der Waals surface area contributed by atoms with Crippen LogP contribution in [0.15, 0.2) is 42.5 Å². The third-order valence-corrected chi connectivity index (χ3v) is 3.37. The molecule has 0 aliphatic rings. The number of rotatable bonds is 8. The van der Waals surface area contributed by atoms with Gasteiger partial charge in [-0.2, -0.15) is 0 Å². The lowest BCUT2D eigenvalue weighted by Gasteiger charge is -2.14. The Labute approximate surface area is 118 Å². The average molecular weight is 309 g/mol. The van der Waals surface area contributed by atoms with Crippen LogP contribution in [0.2, 0.25) is 0 Å². The van der Waals surface area contributed by atoms with Crippen LogP contribution >= 0.6 is 15.9 Å². The summed E-state index contributed by atoms with van der Waals surface area (Å²) >= 11 is 3.36. The van der Waals surface area contributed by atoms with E-state index in [1.165, 1.54) is 0 Å². The highest BCUT2D eigenvalue weighted by Gasteiger charge is 2.18. The van der Waals surface area contributed by atoms with Crippen molar-refractivity contribution in [2.45, 2.75) is 38.5 Å². The van der Waals surface area contributed by atoms with Gasteiger partial charge in [-0.1, -0.05) is 71.8 Å². The largest absolute Gasteiger partial charge is 0.299 e. The molecular weight excluding hydrogens is 288 g/mol. The predicted molar refractivity (Wildman–Crippen MR) is 81.3 cm³/mol. The van der Waals surface area contributed by atoms with Gasteiger partial charge >= 0.3 is 0 Å². The van der Waals surface area contributed by atoms with Crippen LogP contribution in [-0.2, 0) is 4.79 Å². The second-order valence-corrected chi connectivity index (χ2v) is 5.04. The molecule has 0 saturated heterocycles. The van der Waals surface area contributed by atoms with E-state index >= 15 is 0 Å². The summed E-state index contributed by atoms with van der Waals surface area (Å²) < 4.78 is 0. The number of alkyl halides is 1. The van der Waals surface area contributed by atoms with Gasteiger partial charge in [0.05, 0.1) is 0 Å². The van der Waals surface area contributed by atoms with Crippen molar-refractivity contribution in [1.82, 2.24) is 0 Å². The number of benzene rings is 1. The summed E-state index contributed by atoms with van der Waals surface area (Å²) in [5, 5.41) is 0.845. The van der Waals surface area contributed by atoms with Crippen molar-refractivity contribution in [3.8, 4) is 0 Å². The summed E-state index contributed by atoms with van der Waals surface area (Å²) in [6.45, 7) is 2.12. The topological polar surface area (TPSA) is 17.1 Å². The summed E-state index contributed by atoms with van der Waals surface area (Å²) in [6.07, 6.45) is 7.71. The molecule has 0 saturated carbocycles. The van der Waals surface area contributed by atoms with Crippen LogP contribution in [0.4, 0.5) is 0 Å². The molecule has 0 fully saturated rings. The van der Waals surface area contributed by atoms with Crippen molar-refractivity contribution >= 4 is 21.7 Å². The number of hydrogen-bond acceptors (Lipinski definition) is 1. The highest BCUT2D eigenvalue weighted by molar-refractivity contribution is 9.09. The molecule has 0 spiro atoms. The quantitative estimate of drug-likeness (QED) is 0.494. The number of allylic oxidation sites excluding steroid dienone is 2. The lowest BCUT2D eigenvalue weighted by Crippen LogP contribution is -2.11. The van der Waals surface area contributed by atoms with Crippen molar-refractivity contribution in [1.29, 1.82) is 0 Å². The van der Waals surface area contributed by atoms with Gasteiger partial charge < -0.3 is 0 Å². The molecule has 0 aliphatic heterocycles. The Kier molecular flexibility index (Phi) is 7.66. The van der Waals surface area contributed by atoms with Gasteiger partial charge in [0.2, 0.25) is 0 Å². The SMILES string of the molecule is CCCCC(=O)C(C/C=C\CBr)c1ccccc1. The van der Waals surface area contributed by atoms with Crippen LogP contribution in [0.1, 0.15) is 44.1 Å². The molecule has 0 heterocycles. The fraction of sp³-hybridized carbons (Fsp3) is 0.438. The molecule has 0 amide bonds. The smallest absolute Gasteiger partial charge is 0.140 e. The zero-order valence-corrected chi connectivity index (χ0v) is 12.5.